The lowest BCUT2D eigenvalue weighted by Crippen LogP contribution is -2.16. The third-order valence-corrected chi connectivity index (χ3v) is 6.06. The van der Waals surface area contributed by atoms with Gasteiger partial charge >= 0.3 is 5.97 Å². The van der Waals surface area contributed by atoms with E-state index in [2.05, 4.69) is 12.2 Å². The highest BCUT2D eigenvalue weighted by Crippen LogP contribution is 2.43. The number of ether oxygens (including phenoxy) is 1. The third kappa shape index (κ3) is 3.19. The second kappa shape index (κ2) is 6.84. The molecule has 0 spiro atoms. The molecule has 0 aliphatic heterocycles. The number of esters is 1. The van der Waals surface area contributed by atoms with Gasteiger partial charge in [0.2, 0.25) is 0 Å². The molecule has 1 N–H and O–H groups in total. The maximum absolute atomic E-state index is 12.4. The van der Waals surface area contributed by atoms with Gasteiger partial charge in [0, 0.05) is 4.88 Å². The van der Waals surface area contributed by atoms with Crippen molar-refractivity contribution in [3.05, 3.63) is 38.4 Å². The predicted octanol–water partition coefficient (Wildman–Crippen LogP) is 4.68. The minimum absolute atomic E-state index is 0.170. The SMILES string of the molecule is CCOC(=O)c1c(NC(=O)c2cccs2)sc2c1C(C)CCC2. The monoisotopic (exact) mass is 349 g/mol. The number of anilines is 1. The third-order valence-electron chi connectivity index (χ3n) is 4.01. The molecular weight excluding hydrogens is 330 g/mol. The van der Waals surface area contributed by atoms with Crippen LogP contribution in [0.5, 0.6) is 0 Å². The van der Waals surface area contributed by atoms with Crippen molar-refractivity contribution >= 4 is 39.6 Å². The zero-order valence-corrected chi connectivity index (χ0v) is 14.8. The number of nitrogens with one attached hydrogen (secondary N) is 1. The highest BCUT2D eigenvalue weighted by Gasteiger charge is 2.30. The number of aryl methyl sites for hydroxylation is 1. The molecule has 4 nitrogen and oxygen atoms in total. The Morgan fingerprint density at radius 2 is 2.26 bits per heavy atom. The molecule has 1 aliphatic rings. The van der Waals surface area contributed by atoms with Gasteiger partial charge in [0.1, 0.15) is 5.00 Å². The van der Waals surface area contributed by atoms with Crippen molar-refractivity contribution in [3.63, 3.8) is 0 Å². The van der Waals surface area contributed by atoms with Crippen molar-refractivity contribution in [2.24, 2.45) is 0 Å². The largest absolute Gasteiger partial charge is 0.462 e. The highest BCUT2D eigenvalue weighted by molar-refractivity contribution is 7.17. The van der Waals surface area contributed by atoms with Crippen LogP contribution in [0.4, 0.5) is 5.00 Å². The number of hydrogen-bond donors (Lipinski definition) is 1. The van der Waals surface area contributed by atoms with E-state index in [4.69, 9.17) is 4.74 Å². The van der Waals surface area contributed by atoms with Crippen molar-refractivity contribution in [2.45, 2.75) is 39.0 Å². The van der Waals surface area contributed by atoms with Crippen LogP contribution in [0, 0.1) is 0 Å². The highest BCUT2D eigenvalue weighted by atomic mass is 32.1. The first kappa shape index (κ1) is 16.2. The molecular formula is C17H19NO3S2. The summed E-state index contributed by atoms with van der Waals surface area (Å²) >= 11 is 2.90. The molecule has 23 heavy (non-hydrogen) atoms. The van der Waals surface area contributed by atoms with Gasteiger partial charge in [0.25, 0.3) is 5.91 Å². The van der Waals surface area contributed by atoms with Crippen molar-refractivity contribution in [3.8, 4) is 0 Å². The first-order chi connectivity index (χ1) is 11.1. The van der Waals surface area contributed by atoms with Gasteiger partial charge in [-0.15, -0.1) is 22.7 Å². The fourth-order valence-electron chi connectivity index (χ4n) is 2.98. The van der Waals surface area contributed by atoms with Gasteiger partial charge < -0.3 is 10.1 Å². The lowest BCUT2D eigenvalue weighted by atomic mass is 9.86. The minimum Gasteiger partial charge on any atom is -0.462 e. The van der Waals surface area contributed by atoms with Crippen LogP contribution in [-0.4, -0.2) is 18.5 Å². The minimum atomic E-state index is -0.333. The van der Waals surface area contributed by atoms with E-state index >= 15 is 0 Å². The molecule has 1 atom stereocenters. The number of carbonyl (C=O) groups excluding carboxylic acids is 2. The molecule has 1 amide bonds. The summed E-state index contributed by atoms with van der Waals surface area (Å²) in [5.41, 5.74) is 1.63. The van der Waals surface area contributed by atoms with E-state index in [0.717, 1.165) is 24.8 Å². The number of thiophene rings is 2. The van der Waals surface area contributed by atoms with Crippen molar-refractivity contribution in [1.29, 1.82) is 0 Å². The molecule has 3 rings (SSSR count). The number of amides is 1. The molecule has 0 saturated heterocycles. The van der Waals surface area contributed by atoms with E-state index in [1.165, 1.54) is 27.6 Å². The number of fused-ring (bicyclic) bond motifs is 1. The zero-order valence-electron chi connectivity index (χ0n) is 13.2. The first-order valence-corrected chi connectivity index (χ1v) is 9.49. The van der Waals surface area contributed by atoms with Crippen LogP contribution < -0.4 is 5.32 Å². The standard InChI is InChI=1S/C17H19NO3S2/c1-3-21-17(20)14-13-10(2)6-4-7-11(13)23-16(14)18-15(19)12-8-5-9-22-12/h5,8-10H,3-4,6-7H2,1-2H3,(H,18,19). The second-order valence-corrected chi connectivity index (χ2v) is 7.64. The van der Waals surface area contributed by atoms with Crippen LogP contribution in [0.3, 0.4) is 0 Å². The van der Waals surface area contributed by atoms with Gasteiger partial charge in [-0.3, -0.25) is 4.79 Å². The molecule has 2 aromatic heterocycles. The summed E-state index contributed by atoms with van der Waals surface area (Å²) in [5.74, 6) is -0.182. The van der Waals surface area contributed by atoms with Crippen LogP contribution >= 0.6 is 22.7 Å². The Bertz CT molecular complexity index is 719. The average Bonchev–Trinajstić information content (AvgIpc) is 3.15. The van der Waals surface area contributed by atoms with Crippen LogP contribution in [0.2, 0.25) is 0 Å². The molecule has 0 fully saturated rings. The van der Waals surface area contributed by atoms with E-state index < -0.39 is 0 Å². The zero-order chi connectivity index (χ0) is 16.4. The fourth-order valence-corrected chi connectivity index (χ4v) is 4.94. The molecule has 1 aliphatic carbocycles. The second-order valence-electron chi connectivity index (χ2n) is 5.59. The molecule has 0 saturated carbocycles. The lowest BCUT2D eigenvalue weighted by Gasteiger charge is -2.19. The quantitative estimate of drug-likeness (QED) is 0.816. The maximum atomic E-state index is 12.4. The van der Waals surface area contributed by atoms with Gasteiger partial charge in [0.15, 0.2) is 0 Å². The van der Waals surface area contributed by atoms with Crippen LogP contribution in [-0.2, 0) is 11.2 Å². The maximum Gasteiger partial charge on any atom is 0.341 e. The smallest absolute Gasteiger partial charge is 0.341 e. The van der Waals surface area contributed by atoms with Crippen molar-refractivity contribution in [1.82, 2.24) is 0 Å². The summed E-state index contributed by atoms with van der Waals surface area (Å²) in [4.78, 5) is 26.6. The van der Waals surface area contributed by atoms with Gasteiger partial charge in [-0.25, -0.2) is 4.79 Å². The summed E-state index contributed by atoms with van der Waals surface area (Å²) in [6.45, 7) is 4.26. The Hall–Kier alpha value is -1.66. The molecule has 6 heteroatoms. The molecule has 0 radical (unpaired) electrons. The van der Waals surface area contributed by atoms with Gasteiger partial charge in [-0.2, -0.15) is 0 Å². The van der Waals surface area contributed by atoms with Crippen molar-refractivity contribution < 1.29 is 14.3 Å². The van der Waals surface area contributed by atoms with E-state index in [9.17, 15) is 9.59 Å². The normalized spacial score (nSPS) is 16.7. The van der Waals surface area contributed by atoms with Gasteiger partial charge in [-0.1, -0.05) is 13.0 Å². The Morgan fingerprint density at radius 3 is 2.96 bits per heavy atom. The van der Waals surface area contributed by atoms with Crippen LogP contribution in [0.1, 0.15) is 63.1 Å². The summed E-state index contributed by atoms with van der Waals surface area (Å²) in [6, 6.07) is 3.62. The Labute approximate surface area is 143 Å². The molecule has 1 unspecified atom stereocenters. The van der Waals surface area contributed by atoms with Gasteiger partial charge in [-0.05, 0) is 49.1 Å². The molecule has 2 aromatic rings. The first-order valence-electron chi connectivity index (χ1n) is 7.79. The summed E-state index contributed by atoms with van der Waals surface area (Å²) in [6.07, 6.45) is 3.15. The van der Waals surface area contributed by atoms with Gasteiger partial charge in [0.05, 0.1) is 17.0 Å². The molecule has 0 bridgehead atoms. The van der Waals surface area contributed by atoms with E-state index in [0.29, 0.717) is 28.0 Å². The Kier molecular flexibility index (Phi) is 4.82. The number of hydrogen-bond acceptors (Lipinski definition) is 5. The van der Waals surface area contributed by atoms with Crippen LogP contribution in [0.15, 0.2) is 17.5 Å². The van der Waals surface area contributed by atoms with E-state index in [1.54, 1.807) is 13.0 Å². The van der Waals surface area contributed by atoms with Crippen molar-refractivity contribution in [2.75, 3.05) is 11.9 Å². The number of rotatable bonds is 4. The molecule has 0 aromatic carbocycles. The van der Waals surface area contributed by atoms with E-state index in [-0.39, 0.29) is 11.9 Å². The summed E-state index contributed by atoms with van der Waals surface area (Å²) < 4.78 is 5.23. The van der Waals surface area contributed by atoms with E-state index in [1.807, 2.05) is 11.4 Å². The predicted molar refractivity (Wildman–Crippen MR) is 93.9 cm³/mol. The average molecular weight is 349 g/mol. The fraction of sp³-hybridized carbons (Fsp3) is 0.412. The summed E-state index contributed by atoms with van der Waals surface area (Å²) in [5, 5.41) is 5.41. The Balaban J connectivity index is 1.98. The molecule has 2 heterocycles. The topological polar surface area (TPSA) is 55.4 Å². The Morgan fingerprint density at radius 1 is 1.43 bits per heavy atom. The summed E-state index contributed by atoms with van der Waals surface area (Å²) in [7, 11) is 0. The molecule has 122 valence electrons. The number of carbonyl (C=O) groups is 2. The lowest BCUT2D eigenvalue weighted by molar-refractivity contribution is 0.0526. The van der Waals surface area contributed by atoms with Crippen LogP contribution in [0.25, 0.3) is 0 Å².